The first-order valence-electron chi connectivity index (χ1n) is 6.86. The van der Waals surface area contributed by atoms with Gasteiger partial charge in [0.05, 0.1) is 0 Å². The summed E-state index contributed by atoms with van der Waals surface area (Å²) in [5.41, 5.74) is 0. The first kappa shape index (κ1) is 20.8. The van der Waals surface area contributed by atoms with Crippen molar-refractivity contribution in [1.82, 2.24) is 4.90 Å². The maximum absolute atomic E-state index is 11.1. The minimum atomic E-state index is 0.268. The zero-order chi connectivity index (χ0) is 13.4. The van der Waals surface area contributed by atoms with Crippen molar-refractivity contribution in [3.8, 4) is 0 Å². The Kier molecular flexibility index (Phi) is 26.0. The van der Waals surface area contributed by atoms with Crippen molar-refractivity contribution in [3.63, 3.8) is 0 Å². The van der Waals surface area contributed by atoms with Crippen LogP contribution in [0.2, 0.25) is 0 Å². The normalized spacial score (nSPS) is 8.19. The molecule has 2 heteroatoms. The lowest BCUT2D eigenvalue weighted by Gasteiger charge is -2.18. The van der Waals surface area contributed by atoms with Crippen LogP contribution in [0.25, 0.3) is 0 Å². The summed E-state index contributed by atoms with van der Waals surface area (Å²) in [6.07, 6.45) is 4.19. The van der Waals surface area contributed by atoms with Crippen molar-refractivity contribution in [2.75, 3.05) is 13.1 Å². The largest absolute Gasteiger partial charge is 0.343 e. The molecule has 0 bridgehead atoms. The summed E-state index contributed by atoms with van der Waals surface area (Å²) in [7, 11) is 0. The van der Waals surface area contributed by atoms with Crippen LogP contribution in [0.5, 0.6) is 0 Å². The van der Waals surface area contributed by atoms with Crippen molar-refractivity contribution < 1.29 is 4.79 Å². The van der Waals surface area contributed by atoms with Gasteiger partial charge in [0.1, 0.15) is 0 Å². The van der Waals surface area contributed by atoms with E-state index in [1.54, 1.807) is 0 Å². The molecule has 0 heterocycles. The molecule has 1 amide bonds. The van der Waals surface area contributed by atoms with Crippen LogP contribution >= 0.6 is 0 Å². The molecule has 0 N–H and O–H groups in total. The second-order valence-electron chi connectivity index (χ2n) is 3.74. The van der Waals surface area contributed by atoms with Crippen LogP contribution < -0.4 is 0 Å². The second-order valence-corrected chi connectivity index (χ2v) is 3.74. The van der Waals surface area contributed by atoms with Crippen LogP contribution in [0, 0.1) is 0 Å². The molecule has 0 saturated heterocycles. The van der Waals surface area contributed by atoms with E-state index in [1.807, 2.05) is 18.7 Å². The van der Waals surface area contributed by atoms with E-state index in [4.69, 9.17) is 0 Å². The molecule has 0 unspecified atom stereocenters. The van der Waals surface area contributed by atoms with Crippen LogP contribution in [0.1, 0.15) is 74.1 Å². The summed E-state index contributed by atoms with van der Waals surface area (Å²) in [6.45, 7) is 16.3. The molecule has 0 spiro atoms. The third-order valence-corrected chi connectivity index (χ3v) is 1.53. The summed E-state index contributed by atoms with van der Waals surface area (Å²) in [5, 5.41) is 0. The van der Waals surface area contributed by atoms with Crippen LogP contribution in [-0.4, -0.2) is 23.9 Å². The molecule has 0 saturated carbocycles. The van der Waals surface area contributed by atoms with Crippen LogP contribution in [0.3, 0.4) is 0 Å². The monoisotopic (exact) mass is 231 g/mol. The first-order chi connectivity index (χ1) is 7.59. The number of hydrogen-bond donors (Lipinski definition) is 0. The van der Waals surface area contributed by atoms with Crippen molar-refractivity contribution in [1.29, 1.82) is 0 Å². The Hall–Kier alpha value is -0.530. The number of hydrogen-bond acceptors (Lipinski definition) is 1. The number of amides is 1. The van der Waals surface area contributed by atoms with E-state index in [2.05, 4.69) is 34.6 Å². The van der Waals surface area contributed by atoms with E-state index >= 15 is 0 Å². The standard InChI is InChI=1S/C8H17NO.2C3H8/c1-4-7-9(6-3)8(10)5-2;2*1-3-2/h4-7H2,1-3H3;2*3H2,1-2H3. The van der Waals surface area contributed by atoms with Gasteiger partial charge in [0.25, 0.3) is 0 Å². The predicted molar refractivity (Wildman–Crippen MR) is 74.8 cm³/mol. The van der Waals surface area contributed by atoms with Crippen molar-refractivity contribution in [3.05, 3.63) is 0 Å². The molecule has 0 atom stereocenters. The van der Waals surface area contributed by atoms with E-state index in [0.717, 1.165) is 19.5 Å². The van der Waals surface area contributed by atoms with Gasteiger partial charge in [0.15, 0.2) is 0 Å². The lowest BCUT2D eigenvalue weighted by atomic mass is 10.3. The Morgan fingerprint density at radius 2 is 1.25 bits per heavy atom. The van der Waals surface area contributed by atoms with E-state index in [0.29, 0.717) is 6.42 Å². The van der Waals surface area contributed by atoms with Gasteiger partial charge in [0.2, 0.25) is 5.91 Å². The average molecular weight is 231 g/mol. The summed E-state index contributed by atoms with van der Waals surface area (Å²) >= 11 is 0. The van der Waals surface area contributed by atoms with Crippen LogP contribution in [0.15, 0.2) is 0 Å². The summed E-state index contributed by atoms with van der Waals surface area (Å²) < 4.78 is 0. The van der Waals surface area contributed by atoms with Crippen LogP contribution in [-0.2, 0) is 4.79 Å². The Labute approximate surface area is 103 Å². The highest BCUT2D eigenvalue weighted by molar-refractivity contribution is 5.75. The minimum absolute atomic E-state index is 0.268. The Morgan fingerprint density at radius 3 is 1.44 bits per heavy atom. The fraction of sp³-hybridized carbons (Fsp3) is 0.929. The highest BCUT2D eigenvalue weighted by Crippen LogP contribution is 1.94. The van der Waals surface area contributed by atoms with Gasteiger partial charge in [-0.25, -0.2) is 0 Å². The van der Waals surface area contributed by atoms with Gasteiger partial charge in [0, 0.05) is 19.5 Å². The minimum Gasteiger partial charge on any atom is -0.343 e. The highest BCUT2D eigenvalue weighted by Gasteiger charge is 2.05. The Bertz CT molecular complexity index is 122. The third kappa shape index (κ3) is 19.1. The fourth-order valence-electron chi connectivity index (χ4n) is 0.953. The fourth-order valence-corrected chi connectivity index (χ4v) is 0.953. The van der Waals surface area contributed by atoms with E-state index in [-0.39, 0.29) is 5.91 Å². The average Bonchev–Trinajstić information content (AvgIpc) is 2.27. The van der Waals surface area contributed by atoms with Gasteiger partial charge >= 0.3 is 0 Å². The second kappa shape index (κ2) is 20.0. The quantitative estimate of drug-likeness (QED) is 0.698. The number of carbonyl (C=O) groups is 1. The number of carbonyl (C=O) groups excluding carboxylic acids is 1. The van der Waals surface area contributed by atoms with Crippen molar-refractivity contribution in [2.24, 2.45) is 0 Å². The molecule has 100 valence electrons. The lowest BCUT2D eigenvalue weighted by Crippen LogP contribution is -2.30. The van der Waals surface area contributed by atoms with Crippen LogP contribution in [0.4, 0.5) is 0 Å². The molecular weight excluding hydrogens is 198 g/mol. The molecule has 0 rings (SSSR count). The molecule has 0 aliphatic carbocycles. The summed E-state index contributed by atoms with van der Waals surface area (Å²) in [4.78, 5) is 12.9. The maximum atomic E-state index is 11.1. The summed E-state index contributed by atoms with van der Waals surface area (Å²) in [5.74, 6) is 0.268. The van der Waals surface area contributed by atoms with Gasteiger partial charge < -0.3 is 4.90 Å². The Morgan fingerprint density at radius 1 is 0.875 bits per heavy atom. The van der Waals surface area contributed by atoms with Gasteiger partial charge in [-0.15, -0.1) is 0 Å². The number of rotatable bonds is 4. The third-order valence-electron chi connectivity index (χ3n) is 1.53. The molecule has 0 radical (unpaired) electrons. The maximum Gasteiger partial charge on any atom is 0.222 e. The SMILES string of the molecule is CCC.CCC.CCCN(CC)C(=O)CC. The smallest absolute Gasteiger partial charge is 0.222 e. The van der Waals surface area contributed by atoms with Gasteiger partial charge in [-0.1, -0.05) is 54.4 Å². The zero-order valence-corrected chi connectivity index (χ0v) is 12.6. The molecule has 0 aromatic heterocycles. The molecule has 0 aromatic carbocycles. The van der Waals surface area contributed by atoms with E-state index in [9.17, 15) is 4.79 Å². The van der Waals surface area contributed by atoms with Gasteiger partial charge in [-0.05, 0) is 13.3 Å². The van der Waals surface area contributed by atoms with Gasteiger partial charge in [-0.2, -0.15) is 0 Å². The van der Waals surface area contributed by atoms with Crippen molar-refractivity contribution >= 4 is 5.91 Å². The molecule has 16 heavy (non-hydrogen) atoms. The molecule has 0 aliphatic heterocycles. The molecular formula is C14H33NO. The van der Waals surface area contributed by atoms with Crippen molar-refractivity contribution in [2.45, 2.75) is 74.1 Å². The Balaban J connectivity index is -0.000000235. The first-order valence-corrected chi connectivity index (χ1v) is 6.86. The number of nitrogens with zero attached hydrogens (tertiary/aromatic N) is 1. The molecule has 0 fully saturated rings. The molecule has 0 aliphatic rings. The highest BCUT2D eigenvalue weighted by atomic mass is 16.2. The van der Waals surface area contributed by atoms with Gasteiger partial charge in [-0.3, -0.25) is 4.79 Å². The van der Waals surface area contributed by atoms with E-state index in [1.165, 1.54) is 12.8 Å². The summed E-state index contributed by atoms with van der Waals surface area (Å²) in [6, 6.07) is 0. The molecule has 0 aromatic rings. The molecule has 2 nitrogen and oxygen atoms in total. The zero-order valence-electron chi connectivity index (χ0n) is 12.6. The topological polar surface area (TPSA) is 20.3 Å². The lowest BCUT2D eigenvalue weighted by molar-refractivity contribution is -0.130. The predicted octanol–water partition coefficient (Wildman–Crippen LogP) is 4.49. The van der Waals surface area contributed by atoms with E-state index < -0.39 is 0 Å².